The number of nitrogens with two attached hydrogens (primary N) is 2. The summed E-state index contributed by atoms with van der Waals surface area (Å²) in [6, 6.07) is 5.07. The number of carbonyl (C=O) groups excluding carboxylic acids is 6. The van der Waals surface area contributed by atoms with E-state index in [4.69, 9.17) is 11.5 Å². The quantitative estimate of drug-likeness (QED) is 0.0459. The summed E-state index contributed by atoms with van der Waals surface area (Å²) >= 11 is 3.92. The standard InChI is InChI=1S/C30H44N8O8S/c31-30(32)34-12-6-10-20-28(45)35-16-24(40)36-22(15-26(42)43)23(39)14-19(13-18-7-2-1-3-8-18)27(44)37-21(29(46)38-20)9-4-5-11-33-25(41)17-47/h1-3,7-8,19-22,47H,4-6,9-17H2,(H,33,41)(H,35,45)(H,36,40)(H,37,44)(H,38,46)(H,42,43)(H4,31,32,34)/t19-,20+,21-,22+/m1/s1. The zero-order valence-electron chi connectivity index (χ0n) is 26.0. The molecule has 1 aromatic carbocycles. The summed E-state index contributed by atoms with van der Waals surface area (Å²) in [5, 5.41) is 22.2. The van der Waals surface area contributed by atoms with Crippen molar-refractivity contribution in [3.8, 4) is 0 Å². The second kappa shape index (κ2) is 20.5. The number of Topliss-reactive ketones (excluding diaryl/α,β-unsaturated/α-hetero) is 1. The van der Waals surface area contributed by atoms with Crippen LogP contribution in [0.5, 0.6) is 0 Å². The molecule has 16 nitrogen and oxygen atoms in total. The first-order chi connectivity index (χ1) is 22.4. The maximum absolute atomic E-state index is 13.8. The van der Waals surface area contributed by atoms with Crippen LogP contribution in [-0.4, -0.2) is 95.9 Å². The molecule has 1 aliphatic heterocycles. The van der Waals surface area contributed by atoms with E-state index in [0.717, 1.165) is 0 Å². The highest BCUT2D eigenvalue weighted by molar-refractivity contribution is 7.81. The van der Waals surface area contributed by atoms with E-state index in [1.165, 1.54) is 0 Å². The van der Waals surface area contributed by atoms with Crippen molar-refractivity contribution in [2.24, 2.45) is 22.4 Å². The van der Waals surface area contributed by atoms with Crippen molar-refractivity contribution in [2.75, 3.05) is 25.4 Å². The fourth-order valence-corrected chi connectivity index (χ4v) is 4.97. The Morgan fingerprint density at radius 1 is 0.894 bits per heavy atom. The van der Waals surface area contributed by atoms with Crippen molar-refractivity contribution < 1.29 is 38.7 Å². The molecular formula is C30H44N8O8S. The molecule has 0 spiro atoms. The van der Waals surface area contributed by atoms with Crippen molar-refractivity contribution in [3.05, 3.63) is 35.9 Å². The second-order valence-electron chi connectivity index (χ2n) is 11.1. The van der Waals surface area contributed by atoms with Gasteiger partial charge >= 0.3 is 5.97 Å². The molecule has 17 heteroatoms. The summed E-state index contributed by atoms with van der Waals surface area (Å²) in [6.07, 6.45) is 0.267. The van der Waals surface area contributed by atoms with E-state index < -0.39 is 78.8 Å². The Labute approximate surface area is 278 Å². The van der Waals surface area contributed by atoms with E-state index >= 15 is 0 Å². The van der Waals surface area contributed by atoms with E-state index in [2.05, 4.69) is 44.2 Å². The number of hydrogen-bond acceptors (Lipinski definition) is 9. The average Bonchev–Trinajstić information content (AvgIpc) is 3.03. The minimum absolute atomic E-state index is 0.0175. The molecule has 0 radical (unpaired) electrons. The molecule has 1 aromatic rings. The molecule has 0 unspecified atom stereocenters. The normalized spacial score (nSPS) is 21.2. The largest absolute Gasteiger partial charge is 0.481 e. The van der Waals surface area contributed by atoms with Crippen molar-refractivity contribution in [1.82, 2.24) is 26.6 Å². The number of hydrogen-bond donors (Lipinski definition) is 9. The SMILES string of the molecule is NC(N)=NCCC[C@@H]1NC(=O)[C@@H](CCCCNC(=O)CS)NC(=O)[C@H](Cc2ccccc2)CC(=O)[C@H](CC(=O)O)NC(=O)CNC1=O. The van der Waals surface area contributed by atoms with E-state index in [1.54, 1.807) is 30.3 Å². The summed E-state index contributed by atoms with van der Waals surface area (Å²) in [5.74, 6) is -6.34. The predicted octanol–water partition coefficient (Wildman–Crippen LogP) is -1.87. The topological polar surface area (TPSA) is 264 Å². The van der Waals surface area contributed by atoms with Crippen molar-refractivity contribution >= 4 is 59.9 Å². The van der Waals surface area contributed by atoms with Gasteiger partial charge in [-0.2, -0.15) is 12.6 Å². The molecule has 1 fully saturated rings. The lowest BCUT2D eigenvalue weighted by molar-refractivity contribution is -0.140. The number of guanidine groups is 1. The summed E-state index contributed by atoms with van der Waals surface area (Å²) in [4.78, 5) is 93.6. The second-order valence-corrected chi connectivity index (χ2v) is 11.4. The number of carbonyl (C=O) groups is 7. The van der Waals surface area contributed by atoms with Gasteiger partial charge in [-0.05, 0) is 44.1 Å². The van der Waals surface area contributed by atoms with Crippen LogP contribution in [-0.2, 0) is 40.0 Å². The number of aliphatic imine (C=N–C) groups is 1. The van der Waals surface area contributed by atoms with Crippen LogP contribution in [0.4, 0.5) is 0 Å². The fraction of sp³-hybridized carbons (Fsp3) is 0.533. The summed E-state index contributed by atoms with van der Waals surface area (Å²) < 4.78 is 0. The molecule has 10 N–H and O–H groups in total. The molecule has 4 atom stereocenters. The summed E-state index contributed by atoms with van der Waals surface area (Å²) in [7, 11) is 0. The molecule has 0 saturated carbocycles. The number of unbranched alkanes of at least 4 members (excludes halogenated alkanes) is 1. The Kier molecular flexibility index (Phi) is 16.8. The van der Waals surface area contributed by atoms with Gasteiger partial charge in [0.1, 0.15) is 12.1 Å². The number of carboxylic acid groups (broad SMARTS) is 1. The minimum atomic E-state index is -1.47. The van der Waals surface area contributed by atoms with Crippen LogP contribution >= 0.6 is 12.6 Å². The van der Waals surface area contributed by atoms with E-state index in [0.29, 0.717) is 24.9 Å². The van der Waals surface area contributed by atoms with Gasteiger partial charge in [0.15, 0.2) is 11.7 Å². The van der Waals surface area contributed by atoms with Crippen LogP contribution in [0.15, 0.2) is 35.3 Å². The molecule has 0 aliphatic carbocycles. The van der Waals surface area contributed by atoms with Gasteiger partial charge in [0.25, 0.3) is 0 Å². The Morgan fingerprint density at radius 3 is 2.21 bits per heavy atom. The smallest absolute Gasteiger partial charge is 0.305 e. The number of nitrogens with one attached hydrogen (secondary N) is 5. The lowest BCUT2D eigenvalue weighted by Crippen LogP contribution is -2.55. The number of carboxylic acids is 1. The molecule has 1 heterocycles. The third kappa shape index (κ3) is 15.0. The van der Waals surface area contributed by atoms with Gasteiger partial charge in [0.05, 0.1) is 24.8 Å². The van der Waals surface area contributed by atoms with Crippen LogP contribution in [0.25, 0.3) is 0 Å². The summed E-state index contributed by atoms with van der Waals surface area (Å²) in [6.45, 7) is -0.135. The van der Waals surface area contributed by atoms with Crippen LogP contribution in [0.3, 0.4) is 0 Å². The number of nitrogens with zero attached hydrogens (tertiary/aromatic N) is 1. The Hall–Kier alpha value is -4.67. The number of thiol groups is 1. The number of aliphatic carboxylic acids is 1. The van der Waals surface area contributed by atoms with Crippen molar-refractivity contribution in [1.29, 1.82) is 0 Å². The van der Waals surface area contributed by atoms with Gasteiger partial charge < -0.3 is 43.2 Å². The first-order valence-electron chi connectivity index (χ1n) is 15.3. The van der Waals surface area contributed by atoms with E-state index in [9.17, 15) is 38.7 Å². The molecule has 0 aromatic heterocycles. The molecule has 47 heavy (non-hydrogen) atoms. The van der Waals surface area contributed by atoms with Gasteiger partial charge in [0, 0.05) is 25.4 Å². The molecule has 5 amide bonds. The van der Waals surface area contributed by atoms with Crippen molar-refractivity contribution in [2.45, 2.75) is 69.5 Å². The zero-order valence-corrected chi connectivity index (χ0v) is 26.9. The lowest BCUT2D eigenvalue weighted by Gasteiger charge is -2.25. The molecule has 1 aliphatic rings. The van der Waals surface area contributed by atoms with Gasteiger partial charge in [0.2, 0.25) is 29.5 Å². The third-order valence-electron chi connectivity index (χ3n) is 7.27. The minimum Gasteiger partial charge on any atom is -0.481 e. The van der Waals surface area contributed by atoms with Crippen molar-refractivity contribution in [3.63, 3.8) is 0 Å². The highest BCUT2D eigenvalue weighted by Crippen LogP contribution is 2.17. The molecule has 2 rings (SSSR count). The predicted molar refractivity (Wildman–Crippen MR) is 175 cm³/mol. The van der Waals surface area contributed by atoms with Gasteiger partial charge in [-0.1, -0.05) is 30.3 Å². The number of amides is 5. The zero-order chi connectivity index (χ0) is 34.8. The van der Waals surface area contributed by atoms with Crippen LogP contribution in [0.2, 0.25) is 0 Å². The monoisotopic (exact) mass is 676 g/mol. The van der Waals surface area contributed by atoms with Crippen LogP contribution < -0.4 is 38.1 Å². The van der Waals surface area contributed by atoms with Gasteiger partial charge in [-0.25, -0.2) is 0 Å². The molecule has 258 valence electrons. The first kappa shape index (κ1) is 38.5. The molecule has 1 saturated heterocycles. The van der Waals surface area contributed by atoms with Gasteiger partial charge in [-0.15, -0.1) is 0 Å². The lowest BCUT2D eigenvalue weighted by atomic mass is 9.90. The third-order valence-corrected chi connectivity index (χ3v) is 7.55. The Bertz CT molecular complexity index is 1290. The summed E-state index contributed by atoms with van der Waals surface area (Å²) in [5.41, 5.74) is 11.5. The molecule has 0 bridgehead atoms. The first-order valence-corrected chi connectivity index (χ1v) is 15.9. The molecular weight excluding hydrogens is 632 g/mol. The van der Waals surface area contributed by atoms with Crippen LogP contribution in [0.1, 0.15) is 50.5 Å². The Morgan fingerprint density at radius 2 is 1.55 bits per heavy atom. The van der Waals surface area contributed by atoms with E-state index in [-0.39, 0.29) is 49.8 Å². The Balaban J connectivity index is 2.42. The fourth-order valence-electron chi connectivity index (χ4n) is 4.86. The number of ketones is 1. The number of rotatable bonds is 14. The average molecular weight is 677 g/mol. The highest BCUT2D eigenvalue weighted by atomic mass is 32.1. The maximum atomic E-state index is 13.8. The number of benzene rings is 1. The van der Waals surface area contributed by atoms with Crippen LogP contribution in [0, 0.1) is 5.92 Å². The van der Waals surface area contributed by atoms with Gasteiger partial charge in [-0.3, -0.25) is 38.6 Å². The maximum Gasteiger partial charge on any atom is 0.305 e. The highest BCUT2D eigenvalue weighted by Gasteiger charge is 2.33. The van der Waals surface area contributed by atoms with E-state index in [1.807, 2.05) is 0 Å².